The molecule has 0 fully saturated rings. The van der Waals surface area contributed by atoms with Crippen molar-refractivity contribution >= 4 is 17.7 Å². The summed E-state index contributed by atoms with van der Waals surface area (Å²) >= 11 is 1.17. The summed E-state index contributed by atoms with van der Waals surface area (Å²) in [5.41, 5.74) is 0. The van der Waals surface area contributed by atoms with Crippen LogP contribution in [0.3, 0.4) is 0 Å². The van der Waals surface area contributed by atoms with Gasteiger partial charge in [0.1, 0.15) is 5.82 Å². The van der Waals surface area contributed by atoms with Gasteiger partial charge in [-0.05, 0) is 19.1 Å². The molecule has 0 heterocycles. The van der Waals surface area contributed by atoms with Gasteiger partial charge in [-0.3, -0.25) is 4.79 Å². The number of rotatable bonds is 4. The van der Waals surface area contributed by atoms with Crippen LogP contribution in [-0.4, -0.2) is 17.7 Å². The molecule has 0 aliphatic heterocycles. The maximum absolute atomic E-state index is 13.3. The number of nitrogens with one attached hydrogen (secondary N) is 1. The van der Waals surface area contributed by atoms with Crippen LogP contribution in [0, 0.1) is 18.2 Å². The van der Waals surface area contributed by atoms with Crippen LogP contribution in [0.5, 0.6) is 0 Å². The van der Waals surface area contributed by atoms with Gasteiger partial charge in [0.25, 0.3) is 0 Å². The molecule has 16 heavy (non-hydrogen) atoms. The zero-order chi connectivity index (χ0) is 12.0. The van der Waals surface area contributed by atoms with Gasteiger partial charge >= 0.3 is 0 Å². The molecule has 1 amide bonds. The summed E-state index contributed by atoms with van der Waals surface area (Å²) in [6, 6.07) is 6.36. The molecule has 1 atom stereocenters. The quantitative estimate of drug-likeness (QED) is 0.641. The van der Waals surface area contributed by atoms with Crippen LogP contribution in [0.25, 0.3) is 0 Å². The molecule has 0 saturated carbocycles. The molecule has 1 rings (SSSR count). The molecule has 4 heteroatoms. The summed E-state index contributed by atoms with van der Waals surface area (Å²) in [7, 11) is 0. The largest absolute Gasteiger partial charge is 0.344 e. The Kier molecular flexibility index (Phi) is 4.87. The van der Waals surface area contributed by atoms with Crippen molar-refractivity contribution in [1.29, 1.82) is 0 Å². The van der Waals surface area contributed by atoms with Gasteiger partial charge in [-0.25, -0.2) is 4.39 Å². The minimum atomic E-state index is -0.370. The molecule has 0 aliphatic carbocycles. The predicted octanol–water partition coefficient (Wildman–Crippen LogP) is 2.06. The van der Waals surface area contributed by atoms with Crippen LogP contribution in [-0.2, 0) is 4.79 Å². The number of carbonyl (C=O) groups is 1. The minimum Gasteiger partial charge on any atom is -0.344 e. The zero-order valence-electron chi connectivity index (χ0n) is 8.87. The first-order chi connectivity index (χ1) is 7.65. The second kappa shape index (κ2) is 6.19. The molecule has 0 radical (unpaired) electrons. The van der Waals surface area contributed by atoms with Crippen molar-refractivity contribution in [2.75, 3.05) is 6.54 Å². The van der Waals surface area contributed by atoms with E-state index in [1.807, 2.05) is 0 Å². The second-order valence-electron chi connectivity index (χ2n) is 3.11. The number of hydrogen-bond donors (Lipinski definition) is 1. The summed E-state index contributed by atoms with van der Waals surface area (Å²) < 4.78 is 13.3. The first kappa shape index (κ1) is 12.6. The highest BCUT2D eigenvalue weighted by molar-refractivity contribution is 8.00. The molecule has 1 N–H and O–H groups in total. The van der Waals surface area contributed by atoms with Gasteiger partial charge in [0.2, 0.25) is 5.91 Å². The highest BCUT2D eigenvalue weighted by Crippen LogP contribution is 2.25. The SMILES string of the molecule is C#CCNC(=O)[C@@H](C)Sc1ccccc1F. The van der Waals surface area contributed by atoms with Gasteiger partial charge in [0, 0.05) is 4.90 Å². The number of halogens is 1. The van der Waals surface area contributed by atoms with E-state index in [2.05, 4.69) is 11.2 Å². The molecule has 0 aliphatic rings. The molecule has 2 nitrogen and oxygen atoms in total. The normalized spacial score (nSPS) is 11.6. The third kappa shape index (κ3) is 3.59. The smallest absolute Gasteiger partial charge is 0.233 e. The van der Waals surface area contributed by atoms with E-state index in [0.717, 1.165) is 0 Å². The van der Waals surface area contributed by atoms with Crippen molar-refractivity contribution in [1.82, 2.24) is 5.32 Å². The van der Waals surface area contributed by atoms with Crippen molar-refractivity contribution in [3.05, 3.63) is 30.1 Å². The van der Waals surface area contributed by atoms with Crippen LogP contribution >= 0.6 is 11.8 Å². The second-order valence-corrected chi connectivity index (χ2v) is 4.50. The fraction of sp³-hybridized carbons (Fsp3) is 0.250. The highest BCUT2D eigenvalue weighted by atomic mass is 32.2. The van der Waals surface area contributed by atoms with Crippen molar-refractivity contribution in [3.8, 4) is 12.3 Å². The van der Waals surface area contributed by atoms with Gasteiger partial charge in [-0.15, -0.1) is 18.2 Å². The Hall–Kier alpha value is -1.47. The Morgan fingerprint density at radius 2 is 2.31 bits per heavy atom. The fourth-order valence-corrected chi connectivity index (χ4v) is 1.98. The lowest BCUT2D eigenvalue weighted by atomic mass is 10.3. The van der Waals surface area contributed by atoms with E-state index in [1.54, 1.807) is 25.1 Å². The van der Waals surface area contributed by atoms with Crippen molar-refractivity contribution in [2.45, 2.75) is 17.1 Å². The third-order valence-corrected chi connectivity index (χ3v) is 3.03. The Labute approximate surface area is 98.6 Å². The molecule has 0 unspecified atom stereocenters. The summed E-state index contributed by atoms with van der Waals surface area (Å²) in [6.45, 7) is 1.91. The molecule has 0 aromatic heterocycles. The summed E-state index contributed by atoms with van der Waals surface area (Å²) in [6.07, 6.45) is 5.02. The van der Waals surface area contributed by atoms with Crippen molar-refractivity contribution in [3.63, 3.8) is 0 Å². The lowest BCUT2D eigenvalue weighted by molar-refractivity contribution is -0.120. The first-order valence-electron chi connectivity index (χ1n) is 4.77. The van der Waals surface area contributed by atoms with E-state index < -0.39 is 0 Å². The molecule has 1 aromatic carbocycles. The number of terminal acetylenes is 1. The maximum Gasteiger partial charge on any atom is 0.233 e. The van der Waals surface area contributed by atoms with Gasteiger partial charge < -0.3 is 5.32 Å². The van der Waals surface area contributed by atoms with Crippen LogP contribution < -0.4 is 5.32 Å². The lowest BCUT2D eigenvalue weighted by Gasteiger charge is -2.10. The van der Waals surface area contributed by atoms with E-state index in [1.165, 1.54) is 17.8 Å². The van der Waals surface area contributed by atoms with E-state index in [4.69, 9.17) is 6.42 Å². The van der Waals surface area contributed by atoms with Gasteiger partial charge in [0.15, 0.2) is 0 Å². The number of thioether (sulfide) groups is 1. The summed E-state index contributed by atoms with van der Waals surface area (Å²) in [4.78, 5) is 11.9. The monoisotopic (exact) mass is 237 g/mol. The third-order valence-electron chi connectivity index (χ3n) is 1.87. The molecular weight excluding hydrogens is 225 g/mol. The van der Waals surface area contributed by atoms with Crippen molar-refractivity contribution < 1.29 is 9.18 Å². The van der Waals surface area contributed by atoms with E-state index in [-0.39, 0.29) is 23.5 Å². The average molecular weight is 237 g/mol. The molecule has 0 spiro atoms. The molecule has 1 aromatic rings. The minimum absolute atomic E-state index is 0.189. The van der Waals surface area contributed by atoms with Gasteiger partial charge in [0.05, 0.1) is 11.8 Å². The molecule has 0 saturated heterocycles. The number of benzene rings is 1. The molecule has 84 valence electrons. The molecule has 0 bridgehead atoms. The van der Waals surface area contributed by atoms with E-state index >= 15 is 0 Å². The summed E-state index contributed by atoms with van der Waals surface area (Å²) in [5.74, 6) is 1.81. The first-order valence-corrected chi connectivity index (χ1v) is 5.65. The average Bonchev–Trinajstić information content (AvgIpc) is 2.28. The Morgan fingerprint density at radius 3 is 2.94 bits per heavy atom. The fourth-order valence-electron chi connectivity index (χ4n) is 1.07. The summed E-state index contributed by atoms with van der Waals surface area (Å²) in [5, 5.41) is 2.18. The van der Waals surface area contributed by atoms with Crippen LogP contribution in [0.4, 0.5) is 4.39 Å². The van der Waals surface area contributed by atoms with Crippen LogP contribution in [0.2, 0.25) is 0 Å². The number of carbonyl (C=O) groups excluding carboxylic acids is 1. The Morgan fingerprint density at radius 1 is 1.62 bits per heavy atom. The predicted molar refractivity (Wildman–Crippen MR) is 63.6 cm³/mol. The van der Waals surface area contributed by atoms with Crippen LogP contribution in [0.1, 0.15) is 6.92 Å². The Bertz CT molecular complexity index is 414. The topological polar surface area (TPSA) is 29.1 Å². The highest BCUT2D eigenvalue weighted by Gasteiger charge is 2.15. The van der Waals surface area contributed by atoms with E-state index in [9.17, 15) is 9.18 Å². The Balaban J connectivity index is 2.58. The van der Waals surface area contributed by atoms with Crippen LogP contribution in [0.15, 0.2) is 29.2 Å². The maximum atomic E-state index is 13.3. The number of amides is 1. The zero-order valence-corrected chi connectivity index (χ0v) is 9.68. The van der Waals surface area contributed by atoms with E-state index in [0.29, 0.717) is 4.90 Å². The van der Waals surface area contributed by atoms with Crippen molar-refractivity contribution in [2.24, 2.45) is 0 Å². The molecular formula is C12H12FNOS. The standard InChI is InChI=1S/C12H12FNOS/c1-3-8-14-12(15)9(2)16-11-7-5-4-6-10(11)13/h1,4-7,9H,8H2,2H3,(H,14,15)/t9-/m1/s1. The lowest BCUT2D eigenvalue weighted by Crippen LogP contribution is -2.31. The number of hydrogen-bond acceptors (Lipinski definition) is 2. The van der Waals surface area contributed by atoms with Gasteiger partial charge in [-0.2, -0.15) is 0 Å². The van der Waals surface area contributed by atoms with Gasteiger partial charge in [-0.1, -0.05) is 18.1 Å².